The summed E-state index contributed by atoms with van der Waals surface area (Å²) in [5.74, 6) is -0.357. The van der Waals surface area contributed by atoms with Gasteiger partial charge in [0.05, 0.1) is 16.7 Å². The molecule has 0 spiro atoms. The van der Waals surface area contributed by atoms with Crippen molar-refractivity contribution < 1.29 is 14.1 Å². The summed E-state index contributed by atoms with van der Waals surface area (Å²) in [6.45, 7) is 0. The Hall–Kier alpha value is -2.15. The lowest BCUT2D eigenvalue weighted by Crippen LogP contribution is -2.11. The van der Waals surface area contributed by atoms with Crippen molar-refractivity contribution in [2.24, 2.45) is 0 Å². The van der Waals surface area contributed by atoms with Gasteiger partial charge in [0, 0.05) is 17.8 Å². The molecular weight excluding hydrogens is 304 g/mol. The average Bonchev–Trinajstić information content (AvgIpc) is 2.76. The van der Waals surface area contributed by atoms with Crippen molar-refractivity contribution in [3.05, 3.63) is 56.9 Å². The molecule has 1 aromatic carbocycles. The maximum absolute atomic E-state index is 11.8. The molecule has 0 aliphatic rings. The van der Waals surface area contributed by atoms with Gasteiger partial charge in [0.15, 0.2) is 4.67 Å². The minimum absolute atomic E-state index is 0.0301. The molecule has 0 bridgehead atoms. The zero-order valence-corrected chi connectivity index (χ0v) is 10.5. The van der Waals surface area contributed by atoms with Gasteiger partial charge in [0.2, 0.25) is 0 Å². The standard InChI is InChI=1S/C11H7BrN2O4/c12-10-9(5-6-18-10)11(15)13-7-1-3-8(4-2-7)14(16)17/h1-6H,(H,13,15). The number of hydrogen-bond acceptors (Lipinski definition) is 4. The van der Waals surface area contributed by atoms with Crippen LogP contribution in [0.2, 0.25) is 0 Å². The Labute approximate surface area is 110 Å². The molecule has 0 radical (unpaired) electrons. The van der Waals surface area contributed by atoms with Crippen LogP contribution in [0.3, 0.4) is 0 Å². The molecule has 0 aliphatic heterocycles. The Morgan fingerprint density at radius 2 is 1.94 bits per heavy atom. The van der Waals surface area contributed by atoms with E-state index in [1.807, 2.05) is 0 Å². The van der Waals surface area contributed by atoms with E-state index in [-0.39, 0.29) is 11.6 Å². The smallest absolute Gasteiger partial charge is 0.269 e. The van der Waals surface area contributed by atoms with E-state index in [0.717, 1.165) is 0 Å². The Bertz CT molecular complexity index is 591. The number of nitrogens with zero attached hydrogens (tertiary/aromatic N) is 1. The van der Waals surface area contributed by atoms with E-state index in [1.165, 1.54) is 36.6 Å². The van der Waals surface area contributed by atoms with E-state index in [0.29, 0.717) is 15.9 Å². The molecule has 1 N–H and O–H groups in total. The summed E-state index contributed by atoms with van der Waals surface area (Å²) in [6, 6.07) is 7.08. The van der Waals surface area contributed by atoms with Gasteiger partial charge < -0.3 is 9.73 Å². The predicted molar refractivity (Wildman–Crippen MR) is 67.5 cm³/mol. The first-order valence-corrected chi connectivity index (χ1v) is 5.66. The van der Waals surface area contributed by atoms with Crippen LogP contribution in [0.25, 0.3) is 0 Å². The fourth-order valence-electron chi connectivity index (χ4n) is 1.32. The summed E-state index contributed by atoms with van der Waals surface area (Å²) in [7, 11) is 0. The molecular formula is C11H7BrN2O4. The second-order valence-corrected chi connectivity index (χ2v) is 4.09. The second kappa shape index (κ2) is 5.01. The van der Waals surface area contributed by atoms with Gasteiger partial charge >= 0.3 is 0 Å². The number of hydrogen-bond donors (Lipinski definition) is 1. The Balaban J connectivity index is 2.13. The summed E-state index contributed by atoms with van der Waals surface area (Å²) < 4.78 is 5.28. The highest BCUT2D eigenvalue weighted by atomic mass is 79.9. The monoisotopic (exact) mass is 310 g/mol. The van der Waals surface area contributed by atoms with E-state index in [1.54, 1.807) is 0 Å². The molecule has 0 saturated heterocycles. The summed E-state index contributed by atoms with van der Waals surface area (Å²) in [6.07, 6.45) is 1.38. The van der Waals surface area contributed by atoms with Crippen molar-refractivity contribution in [1.82, 2.24) is 0 Å². The van der Waals surface area contributed by atoms with E-state index in [9.17, 15) is 14.9 Å². The number of amides is 1. The molecule has 1 aromatic heterocycles. The lowest BCUT2D eigenvalue weighted by atomic mass is 10.2. The molecule has 92 valence electrons. The van der Waals surface area contributed by atoms with Crippen LogP contribution in [0.4, 0.5) is 11.4 Å². The quantitative estimate of drug-likeness (QED) is 0.696. The van der Waals surface area contributed by atoms with Gasteiger partial charge in [-0.25, -0.2) is 0 Å². The lowest BCUT2D eigenvalue weighted by Gasteiger charge is -2.03. The van der Waals surface area contributed by atoms with Crippen LogP contribution in [0.5, 0.6) is 0 Å². The third-order valence-electron chi connectivity index (χ3n) is 2.20. The highest BCUT2D eigenvalue weighted by Gasteiger charge is 2.13. The van der Waals surface area contributed by atoms with Crippen molar-refractivity contribution in [1.29, 1.82) is 0 Å². The third kappa shape index (κ3) is 2.57. The number of rotatable bonds is 3. The van der Waals surface area contributed by atoms with Gasteiger partial charge in [-0.15, -0.1) is 0 Å². The van der Waals surface area contributed by atoms with Crippen molar-refractivity contribution in [3.8, 4) is 0 Å². The van der Waals surface area contributed by atoms with E-state index >= 15 is 0 Å². The molecule has 2 rings (SSSR count). The molecule has 18 heavy (non-hydrogen) atoms. The fraction of sp³-hybridized carbons (Fsp3) is 0. The van der Waals surface area contributed by atoms with E-state index < -0.39 is 4.92 Å². The van der Waals surface area contributed by atoms with Crippen molar-refractivity contribution >= 4 is 33.2 Å². The Kier molecular flexibility index (Phi) is 3.42. The zero-order chi connectivity index (χ0) is 13.1. The number of carbonyl (C=O) groups excluding carboxylic acids is 1. The van der Waals surface area contributed by atoms with Gasteiger partial charge in [-0.2, -0.15) is 0 Å². The second-order valence-electron chi connectivity index (χ2n) is 3.37. The van der Waals surface area contributed by atoms with Crippen LogP contribution < -0.4 is 5.32 Å². The number of halogens is 1. The molecule has 6 nitrogen and oxygen atoms in total. The van der Waals surface area contributed by atoms with E-state index in [2.05, 4.69) is 21.2 Å². The minimum Gasteiger partial charge on any atom is -0.457 e. The topological polar surface area (TPSA) is 85.4 Å². The maximum atomic E-state index is 11.8. The molecule has 0 aliphatic carbocycles. The largest absolute Gasteiger partial charge is 0.457 e. The number of nitro benzene ring substituents is 1. The van der Waals surface area contributed by atoms with Crippen molar-refractivity contribution in [3.63, 3.8) is 0 Å². The van der Waals surface area contributed by atoms with Crippen molar-refractivity contribution in [2.45, 2.75) is 0 Å². The number of nitrogens with one attached hydrogen (secondary N) is 1. The van der Waals surface area contributed by atoms with Crippen LogP contribution in [-0.4, -0.2) is 10.8 Å². The van der Waals surface area contributed by atoms with Crippen LogP contribution in [0, 0.1) is 10.1 Å². The maximum Gasteiger partial charge on any atom is 0.269 e. The van der Waals surface area contributed by atoms with Gasteiger partial charge in [-0.3, -0.25) is 14.9 Å². The normalized spacial score (nSPS) is 10.1. The number of anilines is 1. The summed E-state index contributed by atoms with van der Waals surface area (Å²) in [4.78, 5) is 21.7. The molecule has 0 unspecified atom stereocenters. The molecule has 0 fully saturated rings. The number of nitro groups is 1. The summed E-state index contributed by atoms with van der Waals surface area (Å²) >= 11 is 3.09. The highest BCUT2D eigenvalue weighted by Crippen LogP contribution is 2.20. The minimum atomic E-state index is -0.502. The number of non-ortho nitro benzene ring substituents is 1. The number of furan rings is 1. The SMILES string of the molecule is O=C(Nc1ccc([N+](=O)[O-])cc1)c1ccoc1Br. The van der Waals surface area contributed by atoms with Gasteiger partial charge in [0.1, 0.15) is 0 Å². The molecule has 0 saturated carbocycles. The van der Waals surface area contributed by atoms with Crippen LogP contribution in [0.1, 0.15) is 10.4 Å². The number of benzene rings is 1. The van der Waals surface area contributed by atoms with Gasteiger partial charge in [-0.1, -0.05) is 0 Å². The lowest BCUT2D eigenvalue weighted by molar-refractivity contribution is -0.384. The molecule has 1 amide bonds. The Morgan fingerprint density at radius 3 is 2.44 bits per heavy atom. The zero-order valence-electron chi connectivity index (χ0n) is 8.92. The molecule has 1 heterocycles. The predicted octanol–water partition coefficient (Wildman–Crippen LogP) is 3.20. The fourth-order valence-corrected chi connectivity index (χ4v) is 1.74. The van der Waals surface area contributed by atoms with Crippen molar-refractivity contribution in [2.75, 3.05) is 5.32 Å². The van der Waals surface area contributed by atoms with Crippen LogP contribution in [0.15, 0.2) is 45.7 Å². The first-order chi connectivity index (χ1) is 8.58. The Morgan fingerprint density at radius 1 is 1.28 bits per heavy atom. The first kappa shape index (κ1) is 12.3. The van der Waals surface area contributed by atoms with Gasteiger partial charge in [-0.05, 0) is 34.1 Å². The first-order valence-electron chi connectivity index (χ1n) is 4.87. The molecule has 0 atom stereocenters. The van der Waals surface area contributed by atoms with Crippen LogP contribution >= 0.6 is 15.9 Å². The summed E-state index contributed by atoms with van der Waals surface area (Å²) in [5, 5.41) is 13.1. The average molecular weight is 311 g/mol. The third-order valence-corrected chi connectivity index (χ3v) is 2.81. The summed E-state index contributed by atoms with van der Waals surface area (Å²) in [5.41, 5.74) is 0.796. The highest BCUT2D eigenvalue weighted by molar-refractivity contribution is 9.10. The molecule has 7 heteroatoms. The van der Waals surface area contributed by atoms with Gasteiger partial charge in [0.25, 0.3) is 11.6 Å². The number of carbonyl (C=O) groups is 1. The van der Waals surface area contributed by atoms with Crippen LogP contribution in [-0.2, 0) is 0 Å². The van der Waals surface area contributed by atoms with E-state index in [4.69, 9.17) is 4.42 Å². The molecule has 2 aromatic rings.